The molecular weight excluding hydrogens is 530 g/mol. The lowest BCUT2D eigenvalue weighted by Crippen LogP contribution is -2.56. The summed E-state index contributed by atoms with van der Waals surface area (Å²) in [4.78, 5) is 39.3. The van der Waals surface area contributed by atoms with Gasteiger partial charge in [0.25, 0.3) is 0 Å². The molecule has 8 nitrogen and oxygen atoms in total. The van der Waals surface area contributed by atoms with Crippen molar-refractivity contribution in [2.24, 2.45) is 34.5 Å². The van der Waals surface area contributed by atoms with E-state index in [1.165, 1.54) is 11.8 Å². The van der Waals surface area contributed by atoms with Crippen molar-refractivity contribution in [2.75, 3.05) is 18.9 Å². The van der Waals surface area contributed by atoms with E-state index in [-0.39, 0.29) is 58.2 Å². The van der Waals surface area contributed by atoms with Crippen LogP contribution in [0.4, 0.5) is 0 Å². The van der Waals surface area contributed by atoms with Crippen LogP contribution in [0.3, 0.4) is 0 Å². The van der Waals surface area contributed by atoms with Crippen molar-refractivity contribution in [3.63, 3.8) is 0 Å². The largest absolute Gasteiger partial charge is 0.508 e. The molecule has 1 aromatic rings. The Bertz CT molecular complexity index is 1230. The number of carbonyl (C=O) groups excluding carboxylic acids is 3. The van der Waals surface area contributed by atoms with Crippen LogP contribution in [0.15, 0.2) is 34.7 Å². The summed E-state index contributed by atoms with van der Waals surface area (Å²) in [7, 11) is 0. The lowest BCUT2D eigenvalue weighted by Gasteiger charge is -2.57. The number of aliphatic hydroxyl groups is 2. The van der Waals surface area contributed by atoms with Gasteiger partial charge in [-0.1, -0.05) is 19.1 Å². The van der Waals surface area contributed by atoms with Gasteiger partial charge in [-0.3, -0.25) is 14.4 Å². The molecule has 1 spiro atoms. The third-order valence-corrected chi connectivity index (χ3v) is 12.1. The van der Waals surface area contributed by atoms with Gasteiger partial charge in [0.1, 0.15) is 12.4 Å². The van der Waals surface area contributed by atoms with Gasteiger partial charge in [-0.15, -0.1) is 11.8 Å². The van der Waals surface area contributed by atoms with Crippen LogP contribution in [0, 0.1) is 34.5 Å². The highest BCUT2D eigenvalue weighted by Crippen LogP contribution is 2.71. The lowest BCUT2D eigenvalue weighted by atomic mass is 9.46. The molecule has 0 radical (unpaired) electrons. The van der Waals surface area contributed by atoms with E-state index in [2.05, 4.69) is 12.2 Å². The summed E-state index contributed by atoms with van der Waals surface area (Å²) in [6, 6.07) is 6.92. The molecule has 40 heavy (non-hydrogen) atoms. The SMILES string of the molecule is C[C@]12CCC(=O)C(SCC(=O)NCCc3ccc(O)cc3)=C1CC[C@@H]1[C@@H]2[C@@H]2C[C@]3(C(O)O2)[C@@H](C(=O)CO)CC[C@@H]13. The maximum absolute atomic E-state index is 13.2. The number of phenolic OH excluding ortho intramolecular Hbond substituents is 1. The van der Waals surface area contributed by atoms with Gasteiger partial charge < -0.3 is 25.4 Å². The molecule has 1 unspecified atom stereocenters. The van der Waals surface area contributed by atoms with Crippen LogP contribution < -0.4 is 5.32 Å². The number of carbonyl (C=O) groups is 3. The minimum Gasteiger partial charge on any atom is -0.508 e. The van der Waals surface area contributed by atoms with Crippen LogP contribution in [0.25, 0.3) is 0 Å². The first-order valence-corrected chi connectivity index (χ1v) is 15.6. The number of nitrogens with one attached hydrogen (secondary N) is 1. The molecule has 0 aromatic heterocycles. The quantitative estimate of drug-likeness (QED) is 0.375. The Hall–Kier alpha value is -2.20. The van der Waals surface area contributed by atoms with Gasteiger partial charge in [0.15, 0.2) is 17.9 Å². The Kier molecular flexibility index (Phi) is 7.38. The number of hydrogen-bond acceptors (Lipinski definition) is 8. The maximum Gasteiger partial charge on any atom is 0.230 e. The first-order valence-electron chi connectivity index (χ1n) is 14.6. The number of amides is 1. The van der Waals surface area contributed by atoms with Crippen molar-refractivity contribution < 1.29 is 34.4 Å². The number of aromatic hydroxyl groups is 1. The highest BCUT2D eigenvalue weighted by Gasteiger charge is 2.71. The molecular formula is C31H39NO7S. The number of ether oxygens (including phenoxy) is 1. The van der Waals surface area contributed by atoms with Crippen molar-refractivity contribution >= 4 is 29.2 Å². The Balaban J connectivity index is 1.18. The Labute approximate surface area is 238 Å². The maximum atomic E-state index is 13.2. The van der Waals surface area contributed by atoms with Gasteiger partial charge >= 0.3 is 0 Å². The van der Waals surface area contributed by atoms with E-state index < -0.39 is 18.3 Å². The smallest absolute Gasteiger partial charge is 0.230 e. The van der Waals surface area contributed by atoms with E-state index in [9.17, 15) is 29.7 Å². The minimum atomic E-state index is -1.00. The predicted molar refractivity (Wildman–Crippen MR) is 149 cm³/mol. The molecule has 2 bridgehead atoms. The highest BCUT2D eigenvalue weighted by molar-refractivity contribution is 8.04. The van der Waals surface area contributed by atoms with Gasteiger partial charge in [0.05, 0.1) is 16.8 Å². The molecule has 1 amide bonds. The number of allylic oxidation sites excluding steroid dienone is 1. The average Bonchev–Trinajstić information content (AvgIpc) is 3.47. The van der Waals surface area contributed by atoms with Crippen LogP contribution in [-0.4, -0.2) is 64.1 Å². The van der Waals surface area contributed by atoms with Crippen LogP contribution in [0.2, 0.25) is 0 Å². The van der Waals surface area contributed by atoms with E-state index >= 15 is 0 Å². The van der Waals surface area contributed by atoms with E-state index in [4.69, 9.17) is 4.74 Å². The Morgan fingerprint density at radius 1 is 1.15 bits per heavy atom. The van der Waals surface area contributed by atoms with E-state index in [0.29, 0.717) is 38.1 Å². The fraction of sp³-hybridized carbons (Fsp3) is 0.645. The summed E-state index contributed by atoms with van der Waals surface area (Å²) in [5, 5.41) is 33.2. The summed E-state index contributed by atoms with van der Waals surface area (Å²) >= 11 is 1.35. The molecule has 216 valence electrons. The fourth-order valence-electron chi connectivity index (χ4n) is 9.27. The number of hydrogen-bond donors (Lipinski definition) is 4. The normalized spacial score (nSPS) is 38.0. The molecule has 5 aliphatic rings. The highest BCUT2D eigenvalue weighted by atomic mass is 32.2. The second-order valence-electron chi connectivity index (χ2n) is 12.6. The summed E-state index contributed by atoms with van der Waals surface area (Å²) in [5.41, 5.74) is 1.30. The monoisotopic (exact) mass is 569 g/mol. The fourth-order valence-corrected chi connectivity index (χ4v) is 10.4. The van der Waals surface area contributed by atoms with Gasteiger partial charge in [-0.05, 0) is 91.4 Å². The molecule has 1 aliphatic heterocycles. The molecule has 9 heteroatoms. The van der Waals surface area contributed by atoms with Crippen molar-refractivity contribution in [2.45, 2.75) is 70.7 Å². The van der Waals surface area contributed by atoms with E-state index in [1.54, 1.807) is 12.1 Å². The number of phenols is 1. The second kappa shape index (κ2) is 10.6. The average molecular weight is 570 g/mol. The summed E-state index contributed by atoms with van der Waals surface area (Å²) in [5.74, 6) is 0.457. The second-order valence-corrected chi connectivity index (χ2v) is 13.6. The number of benzene rings is 1. The van der Waals surface area contributed by atoms with Crippen molar-refractivity contribution in [3.8, 4) is 5.75 Å². The molecule has 1 saturated heterocycles. The summed E-state index contributed by atoms with van der Waals surface area (Å²) in [6.07, 6.45) is 4.46. The molecule has 4 N–H and O–H groups in total. The number of aliphatic hydroxyl groups excluding tert-OH is 2. The molecule has 4 aliphatic carbocycles. The molecule has 8 atom stereocenters. The van der Waals surface area contributed by atoms with Crippen LogP contribution in [0.5, 0.6) is 5.75 Å². The standard InChI is InChI=1S/C31H39NO7S/c1-30-12-10-23(35)28(40-16-26(37)32-13-11-17-2-4-18(34)5-3-17)22(30)7-6-19-20-8-9-21(24(36)15-33)31(20)14-25(27(19)30)39-29(31)38/h2-5,19-21,25,27,29,33-34,38H,6-16H2,1H3,(H,32,37)/t19-,20-,21+,25-,27+,29?,30-,31+/m0/s1. The van der Waals surface area contributed by atoms with Crippen LogP contribution in [-0.2, 0) is 25.5 Å². The minimum absolute atomic E-state index is 0.110. The molecule has 4 fully saturated rings. The van der Waals surface area contributed by atoms with E-state index in [0.717, 1.165) is 41.7 Å². The van der Waals surface area contributed by atoms with Crippen molar-refractivity contribution in [1.82, 2.24) is 5.32 Å². The van der Waals surface area contributed by atoms with Crippen molar-refractivity contribution in [1.29, 1.82) is 0 Å². The predicted octanol–water partition coefficient (Wildman–Crippen LogP) is 3.13. The number of ketones is 2. The Morgan fingerprint density at radius 2 is 1.93 bits per heavy atom. The summed E-state index contributed by atoms with van der Waals surface area (Å²) < 4.78 is 6.28. The Morgan fingerprint density at radius 3 is 2.67 bits per heavy atom. The van der Waals surface area contributed by atoms with Crippen LogP contribution >= 0.6 is 11.8 Å². The number of thioether (sulfide) groups is 1. The molecule has 3 saturated carbocycles. The molecule has 6 rings (SSSR count). The topological polar surface area (TPSA) is 133 Å². The molecule has 1 aromatic carbocycles. The van der Waals surface area contributed by atoms with Gasteiger partial charge in [0.2, 0.25) is 5.91 Å². The number of fused-ring (bicyclic) bond motifs is 6. The number of rotatable bonds is 8. The first kappa shape index (κ1) is 27.9. The zero-order valence-corrected chi connectivity index (χ0v) is 23.8. The van der Waals surface area contributed by atoms with Gasteiger partial charge in [0, 0.05) is 24.3 Å². The van der Waals surface area contributed by atoms with E-state index in [1.807, 2.05) is 12.1 Å². The summed E-state index contributed by atoms with van der Waals surface area (Å²) in [6.45, 7) is 2.23. The first-order chi connectivity index (χ1) is 19.2. The van der Waals surface area contributed by atoms with Gasteiger partial charge in [-0.2, -0.15) is 0 Å². The molecule has 1 heterocycles. The van der Waals surface area contributed by atoms with Crippen LogP contribution in [0.1, 0.15) is 57.4 Å². The number of Topliss-reactive ketones (excluding diaryl/α,β-unsaturated/α-hetero) is 2. The zero-order chi connectivity index (χ0) is 28.2. The van der Waals surface area contributed by atoms with Crippen molar-refractivity contribution in [3.05, 3.63) is 40.3 Å². The third kappa shape index (κ3) is 4.35. The lowest BCUT2D eigenvalue weighted by molar-refractivity contribution is -0.160. The van der Waals surface area contributed by atoms with Gasteiger partial charge in [-0.25, -0.2) is 0 Å². The zero-order valence-electron chi connectivity index (χ0n) is 22.9. The third-order valence-electron chi connectivity index (χ3n) is 10.9.